The first-order chi connectivity index (χ1) is 13.9. The Bertz CT molecular complexity index is 1210. The van der Waals surface area contributed by atoms with Gasteiger partial charge in [-0.2, -0.15) is 5.10 Å². The third-order valence-electron chi connectivity index (χ3n) is 4.86. The fourth-order valence-electron chi connectivity index (χ4n) is 3.37. The lowest BCUT2D eigenvalue weighted by atomic mass is 10.1. The molecule has 146 valence electrons. The van der Waals surface area contributed by atoms with E-state index in [0.717, 1.165) is 28.0 Å². The number of nitrogens with one attached hydrogen (secondary N) is 1. The Hall–Kier alpha value is -3.18. The quantitative estimate of drug-likeness (QED) is 0.524. The van der Waals surface area contributed by atoms with Gasteiger partial charge in [0.05, 0.1) is 22.3 Å². The summed E-state index contributed by atoms with van der Waals surface area (Å²) < 4.78 is 1.79. The van der Waals surface area contributed by atoms with Crippen LogP contribution < -0.4 is 5.32 Å². The topological polar surface area (TPSA) is 59.8 Å². The number of amides is 1. The first-order valence-corrected chi connectivity index (χ1v) is 9.77. The third kappa shape index (κ3) is 3.74. The number of pyridine rings is 1. The van der Waals surface area contributed by atoms with Gasteiger partial charge in [0.25, 0.3) is 5.91 Å². The second kappa shape index (κ2) is 7.68. The molecule has 2 aromatic carbocycles. The van der Waals surface area contributed by atoms with Crippen LogP contribution in [-0.2, 0) is 6.54 Å². The van der Waals surface area contributed by atoms with Gasteiger partial charge in [-0.1, -0.05) is 47.5 Å². The zero-order valence-corrected chi connectivity index (χ0v) is 17.3. The van der Waals surface area contributed by atoms with Crippen molar-refractivity contribution in [1.82, 2.24) is 20.1 Å². The minimum atomic E-state index is -0.174. The van der Waals surface area contributed by atoms with Gasteiger partial charge in [0, 0.05) is 17.3 Å². The van der Waals surface area contributed by atoms with Crippen molar-refractivity contribution in [1.29, 1.82) is 0 Å². The van der Waals surface area contributed by atoms with Crippen LogP contribution in [0.3, 0.4) is 0 Å². The minimum Gasteiger partial charge on any atom is -0.348 e. The second-order valence-corrected chi connectivity index (χ2v) is 7.52. The van der Waals surface area contributed by atoms with Crippen LogP contribution >= 0.6 is 11.6 Å². The SMILES string of the molecule is Cc1ccc(-n2nc(C)c3c(C(=O)NCc4ccccc4Cl)cc(C)nc32)cc1. The summed E-state index contributed by atoms with van der Waals surface area (Å²) in [4.78, 5) is 17.7. The summed E-state index contributed by atoms with van der Waals surface area (Å²) in [5.74, 6) is -0.174. The smallest absolute Gasteiger partial charge is 0.252 e. The van der Waals surface area contributed by atoms with E-state index in [1.54, 1.807) is 10.7 Å². The van der Waals surface area contributed by atoms with Crippen molar-refractivity contribution in [3.05, 3.63) is 87.7 Å². The Morgan fingerprint density at radius 1 is 1.07 bits per heavy atom. The predicted molar refractivity (Wildman–Crippen MR) is 116 cm³/mol. The molecule has 2 aromatic heterocycles. The summed E-state index contributed by atoms with van der Waals surface area (Å²) in [6.07, 6.45) is 0. The van der Waals surface area contributed by atoms with Gasteiger partial charge in [-0.3, -0.25) is 4.79 Å². The van der Waals surface area contributed by atoms with Gasteiger partial charge in [0.15, 0.2) is 5.65 Å². The zero-order valence-electron chi connectivity index (χ0n) is 16.5. The lowest BCUT2D eigenvalue weighted by Gasteiger charge is -2.09. The van der Waals surface area contributed by atoms with Gasteiger partial charge >= 0.3 is 0 Å². The van der Waals surface area contributed by atoms with E-state index >= 15 is 0 Å². The number of hydrogen-bond acceptors (Lipinski definition) is 3. The molecule has 0 unspecified atom stereocenters. The van der Waals surface area contributed by atoms with Crippen molar-refractivity contribution in [2.45, 2.75) is 27.3 Å². The maximum absolute atomic E-state index is 13.0. The fraction of sp³-hybridized carbons (Fsp3) is 0.174. The summed E-state index contributed by atoms with van der Waals surface area (Å²) in [7, 11) is 0. The van der Waals surface area contributed by atoms with Crippen LogP contribution in [0.25, 0.3) is 16.7 Å². The summed E-state index contributed by atoms with van der Waals surface area (Å²) >= 11 is 6.21. The van der Waals surface area contributed by atoms with Crippen LogP contribution in [0.4, 0.5) is 0 Å². The Morgan fingerprint density at radius 3 is 2.52 bits per heavy atom. The fourth-order valence-corrected chi connectivity index (χ4v) is 3.57. The number of aromatic nitrogens is 3. The maximum Gasteiger partial charge on any atom is 0.252 e. The molecular formula is C23H21ClN4O. The number of benzene rings is 2. The van der Waals surface area contributed by atoms with Gasteiger partial charge in [-0.25, -0.2) is 9.67 Å². The number of carbonyl (C=O) groups excluding carboxylic acids is 1. The van der Waals surface area contributed by atoms with E-state index in [1.165, 1.54) is 5.56 Å². The highest BCUT2D eigenvalue weighted by molar-refractivity contribution is 6.31. The van der Waals surface area contributed by atoms with Crippen LogP contribution in [0.15, 0.2) is 54.6 Å². The molecule has 0 aliphatic carbocycles. The average Bonchev–Trinajstić information content (AvgIpc) is 3.03. The van der Waals surface area contributed by atoms with E-state index < -0.39 is 0 Å². The minimum absolute atomic E-state index is 0.174. The zero-order chi connectivity index (χ0) is 20.5. The molecular weight excluding hydrogens is 384 g/mol. The molecule has 0 bridgehead atoms. The summed E-state index contributed by atoms with van der Waals surface area (Å²) in [6, 6.07) is 17.4. The number of aryl methyl sites for hydroxylation is 3. The molecule has 29 heavy (non-hydrogen) atoms. The summed E-state index contributed by atoms with van der Waals surface area (Å²) in [5.41, 5.74) is 5.71. The highest BCUT2D eigenvalue weighted by atomic mass is 35.5. The maximum atomic E-state index is 13.0. The van der Waals surface area contributed by atoms with E-state index in [-0.39, 0.29) is 5.91 Å². The molecule has 0 aliphatic heterocycles. The predicted octanol–water partition coefficient (Wildman–Crippen LogP) is 4.93. The van der Waals surface area contributed by atoms with Crippen LogP contribution in [-0.4, -0.2) is 20.7 Å². The molecule has 0 aliphatic rings. The van der Waals surface area contributed by atoms with Crippen LogP contribution in [0, 0.1) is 20.8 Å². The number of fused-ring (bicyclic) bond motifs is 1. The largest absolute Gasteiger partial charge is 0.348 e. The lowest BCUT2D eigenvalue weighted by molar-refractivity contribution is 0.0952. The van der Waals surface area contributed by atoms with Gasteiger partial charge < -0.3 is 5.32 Å². The molecule has 4 aromatic rings. The van der Waals surface area contributed by atoms with Crippen LogP contribution in [0.2, 0.25) is 5.02 Å². The van der Waals surface area contributed by atoms with Crippen molar-refractivity contribution >= 4 is 28.5 Å². The molecule has 0 atom stereocenters. The van der Waals surface area contributed by atoms with E-state index in [4.69, 9.17) is 11.6 Å². The van der Waals surface area contributed by atoms with Gasteiger partial charge in [0.2, 0.25) is 0 Å². The first-order valence-electron chi connectivity index (χ1n) is 9.39. The molecule has 2 heterocycles. The van der Waals surface area contributed by atoms with E-state index in [9.17, 15) is 4.79 Å². The lowest BCUT2D eigenvalue weighted by Crippen LogP contribution is -2.23. The standard InChI is InChI=1S/C23H21ClN4O/c1-14-8-10-18(11-9-14)28-22-21(16(3)27-28)19(12-15(2)26-22)23(29)25-13-17-6-4-5-7-20(17)24/h4-12H,13H2,1-3H3,(H,25,29). The average molecular weight is 405 g/mol. The molecule has 0 spiro atoms. The first kappa shape index (κ1) is 19.2. The van der Waals surface area contributed by atoms with Crippen molar-refractivity contribution in [3.8, 4) is 5.69 Å². The highest BCUT2D eigenvalue weighted by Crippen LogP contribution is 2.25. The van der Waals surface area contributed by atoms with Crippen LogP contribution in [0.1, 0.15) is 32.9 Å². The monoisotopic (exact) mass is 404 g/mol. The summed E-state index contributed by atoms with van der Waals surface area (Å²) in [6.45, 7) is 6.17. The van der Waals surface area contributed by atoms with E-state index in [2.05, 4.69) is 15.4 Å². The van der Waals surface area contributed by atoms with E-state index in [0.29, 0.717) is 22.8 Å². The van der Waals surface area contributed by atoms with Crippen molar-refractivity contribution in [2.75, 3.05) is 0 Å². The Balaban J connectivity index is 1.74. The van der Waals surface area contributed by atoms with Gasteiger partial charge in [0.1, 0.15) is 0 Å². The number of rotatable bonds is 4. The summed E-state index contributed by atoms with van der Waals surface area (Å²) in [5, 5.41) is 9.02. The number of carbonyl (C=O) groups is 1. The molecule has 6 heteroatoms. The normalized spacial score (nSPS) is 11.0. The van der Waals surface area contributed by atoms with E-state index in [1.807, 2.05) is 69.3 Å². The molecule has 0 radical (unpaired) electrons. The second-order valence-electron chi connectivity index (χ2n) is 7.12. The van der Waals surface area contributed by atoms with Crippen molar-refractivity contribution < 1.29 is 4.79 Å². The van der Waals surface area contributed by atoms with Crippen LogP contribution in [0.5, 0.6) is 0 Å². The Labute approximate surface area is 174 Å². The van der Waals surface area contributed by atoms with Gasteiger partial charge in [-0.05, 0) is 50.6 Å². The highest BCUT2D eigenvalue weighted by Gasteiger charge is 2.19. The number of nitrogens with zero attached hydrogens (tertiary/aromatic N) is 3. The van der Waals surface area contributed by atoms with Crippen molar-refractivity contribution in [2.24, 2.45) is 0 Å². The Kier molecular flexibility index (Phi) is 5.07. The number of halogens is 1. The molecule has 5 nitrogen and oxygen atoms in total. The Morgan fingerprint density at radius 2 is 1.79 bits per heavy atom. The molecule has 1 N–H and O–H groups in total. The molecule has 0 saturated heterocycles. The van der Waals surface area contributed by atoms with Crippen molar-refractivity contribution in [3.63, 3.8) is 0 Å². The molecule has 4 rings (SSSR count). The molecule has 1 amide bonds. The molecule has 0 saturated carbocycles. The number of hydrogen-bond donors (Lipinski definition) is 1. The third-order valence-corrected chi connectivity index (χ3v) is 5.23. The molecule has 0 fully saturated rings. The van der Waals surface area contributed by atoms with Gasteiger partial charge in [-0.15, -0.1) is 0 Å².